The summed E-state index contributed by atoms with van der Waals surface area (Å²) in [6, 6.07) is 4.43. The minimum absolute atomic E-state index is 0.0572. The number of sulfonamides is 1. The summed E-state index contributed by atoms with van der Waals surface area (Å²) >= 11 is 0. The summed E-state index contributed by atoms with van der Waals surface area (Å²) in [6.45, 7) is 0.814. The molecule has 7 nitrogen and oxygen atoms in total. The molecule has 1 fully saturated rings. The number of fused-ring (bicyclic) bond motifs is 1. The Morgan fingerprint density at radius 1 is 1.24 bits per heavy atom. The summed E-state index contributed by atoms with van der Waals surface area (Å²) in [6.07, 6.45) is 6.89. The third-order valence-corrected chi connectivity index (χ3v) is 5.87. The molecule has 0 radical (unpaired) electrons. The average molecular weight is 368 g/mol. The van der Waals surface area contributed by atoms with E-state index in [4.69, 9.17) is 9.47 Å². The summed E-state index contributed by atoms with van der Waals surface area (Å²) in [5, 5.41) is 2.61. The molecule has 138 valence electrons. The molecule has 3 rings (SSSR count). The van der Waals surface area contributed by atoms with E-state index in [0.717, 1.165) is 12.8 Å². The predicted octanol–water partition coefficient (Wildman–Crippen LogP) is 2.04. The van der Waals surface area contributed by atoms with Crippen LogP contribution in [0.5, 0.6) is 5.75 Å². The van der Waals surface area contributed by atoms with Gasteiger partial charge < -0.3 is 14.8 Å². The monoisotopic (exact) mass is 368 g/mol. The van der Waals surface area contributed by atoms with Crippen LogP contribution >= 0.6 is 0 Å². The number of anilines is 1. The molecule has 1 aromatic carbocycles. The number of ether oxygens (including phenoxy) is 2. The van der Waals surface area contributed by atoms with E-state index in [1.807, 2.05) is 0 Å². The second-order valence-electron chi connectivity index (χ2n) is 6.38. The zero-order valence-electron chi connectivity index (χ0n) is 14.1. The molecule has 1 aliphatic carbocycles. The van der Waals surface area contributed by atoms with Gasteiger partial charge in [0.05, 0.1) is 16.7 Å². The van der Waals surface area contributed by atoms with Crippen LogP contribution in [0.25, 0.3) is 0 Å². The van der Waals surface area contributed by atoms with Crippen molar-refractivity contribution in [1.29, 1.82) is 0 Å². The summed E-state index contributed by atoms with van der Waals surface area (Å²) < 4.78 is 38.3. The minimum atomic E-state index is -3.63. The van der Waals surface area contributed by atoms with Gasteiger partial charge in [-0.1, -0.05) is 19.3 Å². The molecule has 2 N–H and O–H groups in total. The Labute approximate surface area is 148 Å². The zero-order chi connectivity index (χ0) is 17.7. The number of carbonyl (C=O) groups is 1. The van der Waals surface area contributed by atoms with Crippen molar-refractivity contribution in [2.24, 2.45) is 0 Å². The van der Waals surface area contributed by atoms with Crippen LogP contribution in [0.4, 0.5) is 5.69 Å². The molecule has 1 aliphatic heterocycles. The number of amides is 1. The first-order valence-electron chi connectivity index (χ1n) is 8.72. The van der Waals surface area contributed by atoms with Gasteiger partial charge in [-0.2, -0.15) is 0 Å². The van der Waals surface area contributed by atoms with Gasteiger partial charge >= 0.3 is 0 Å². The number of benzene rings is 1. The maximum atomic E-state index is 12.4. The van der Waals surface area contributed by atoms with Gasteiger partial charge in [-0.15, -0.1) is 0 Å². The van der Waals surface area contributed by atoms with E-state index in [1.54, 1.807) is 6.07 Å². The third kappa shape index (κ3) is 4.93. The van der Waals surface area contributed by atoms with Gasteiger partial charge in [0.25, 0.3) is 5.91 Å². The van der Waals surface area contributed by atoms with Gasteiger partial charge in [0.15, 0.2) is 6.61 Å². The molecule has 0 unspecified atom stereocenters. The first-order chi connectivity index (χ1) is 12.0. The molecule has 0 aromatic heterocycles. The highest BCUT2D eigenvalue weighted by molar-refractivity contribution is 7.89. The van der Waals surface area contributed by atoms with E-state index < -0.39 is 10.0 Å². The Morgan fingerprint density at radius 2 is 2.04 bits per heavy atom. The van der Waals surface area contributed by atoms with Gasteiger partial charge in [0.2, 0.25) is 10.0 Å². The van der Waals surface area contributed by atoms with Crippen LogP contribution in [0.3, 0.4) is 0 Å². The van der Waals surface area contributed by atoms with Crippen molar-refractivity contribution in [1.82, 2.24) is 4.72 Å². The predicted molar refractivity (Wildman–Crippen MR) is 93.2 cm³/mol. The van der Waals surface area contributed by atoms with Crippen LogP contribution in [0.2, 0.25) is 0 Å². The molecule has 1 amide bonds. The number of carbonyl (C=O) groups excluding carboxylic acids is 1. The van der Waals surface area contributed by atoms with Crippen molar-refractivity contribution < 1.29 is 22.7 Å². The van der Waals surface area contributed by atoms with Gasteiger partial charge in [-0.25, -0.2) is 13.1 Å². The first kappa shape index (κ1) is 18.2. The zero-order valence-corrected chi connectivity index (χ0v) is 14.9. The van der Waals surface area contributed by atoms with E-state index in [9.17, 15) is 13.2 Å². The topological polar surface area (TPSA) is 93.7 Å². The maximum Gasteiger partial charge on any atom is 0.262 e. The minimum Gasteiger partial charge on any atom is -0.482 e. The van der Waals surface area contributed by atoms with Crippen LogP contribution in [-0.4, -0.2) is 40.2 Å². The Balaban J connectivity index is 1.48. The van der Waals surface area contributed by atoms with Gasteiger partial charge in [-0.05, 0) is 37.5 Å². The van der Waals surface area contributed by atoms with E-state index in [-0.39, 0.29) is 17.4 Å². The first-order valence-corrected chi connectivity index (χ1v) is 10.2. The van der Waals surface area contributed by atoms with Crippen molar-refractivity contribution in [2.45, 2.75) is 49.5 Å². The highest BCUT2D eigenvalue weighted by Gasteiger charge is 2.20. The molecular weight excluding hydrogens is 344 g/mol. The quantitative estimate of drug-likeness (QED) is 0.718. The summed E-state index contributed by atoms with van der Waals surface area (Å²) in [5.41, 5.74) is 0.375. The Hall–Kier alpha value is -1.64. The van der Waals surface area contributed by atoms with Crippen LogP contribution in [0.15, 0.2) is 23.1 Å². The standard InChI is InChI=1S/C17H24N2O5S/c20-17-12-24-16-8-7-14(11-15(16)19-17)25(21,22)18-9-4-10-23-13-5-2-1-3-6-13/h7-8,11,13,18H,1-6,9-10,12H2,(H,19,20). The Kier molecular flexibility index (Phi) is 5.93. The second-order valence-corrected chi connectivity index (χ2v) is 8.14. The number of nitrogens with one attached hydrogen (secondary N) is 2. The van der Waals surface area contributed by atoms with Gasteiger partial charge in [-0.3, -0.25) is 4.79 Å². The van der Waals surface area contributed by atoms with Crippen molar-refractivity contribution in [3.8, 4) is 5.75 Å². The number of hydrogen-bond acceptors (Lipinski definition) is 5. The molecule has 0 saturated heterocycles. The maximum absolute atomic E-state index is 12.4. The lowest BCUT2D eigenvalue weighted by Crippen LogP contribution is -2.28. The van der Waals surface area contributed by atoms with Crippen LogP contribution < -0.4 is 14.8 Å². The summed E-state index contributed by atoms with van der Waals surface area (Å²) in [7, 11) is -3.63. The fourth-order valence-corrected chi connectivity index (χ4v) is 4.17. The fraction of sp³-hybridized carbons (Fsp3) is 0.588. The summed E-state index contributed by atoms with van der Waals surface area (Å²) in [5.74, 6) is 0.175. The van der Waals surface area contributed by atoms with Crippen LogP contribution in [-0.2, 0) is 19.6 Å². The second kappa shape index (κ2) is 8.16. The van der Waals surface area contributed by atoms with E-state index in [1.165, 1.54) is 31.4 Å². The molecule has 0 atom stereocenters. The average Bonchev–Trinajstić information content (AvgIpc) is 2.61. The molecule has 1 saturated carbocycles. The molecule has 8 heteroatoms. The molecule has 25 heavy (non-hydrogen) atoms. The largest absolute Gasteiger partial charge is 0.482 e. The number of rotatable bonds is 7. The lowest BCUT2D eigenvalue weighted by Gasteiger charge is -2.22. The highest BCUT2D eigenvalue weighted by Crippen LogP contribution is 2.30. The highest BCUT2D eigenvalue weighted by atomic mass is 32.2. The molecule has 1 aromatic rings. The molecule has 0 spiro atoms. The van der Waals surface area contributed by atoms with Gasteiger partial charge in [0, 0.05) is 13.2 Å². The van der Waals surface area contributed by atoms with E-state index in [2.05, 4.69) is 10.0 Å². The van der Waals surface area contributed by atoms with Gasteiger partial charge in [0.1, 0.15) is 5.75 Å². The van der Waals surface area contributed by atoms with Crippen molar-refractivity contribution in [2.75, 3.05) is 25.1 Å². The Morgan fingerprint density at radius 3 is 2.84 bits per heavy atom. The summed E-state index contributed by atoms with van der Waals surface area (Å²) in [4.78, 5) is 11.4. The fourth-order valence-electron chi connectivity index (χ4n) is 3.07. The smallest absolute Gasteiger partial charge is 0.262 e. The van der Waals surface area contributed by atoms with Crippen LogP contribution in [0, 0.1) is 0 Å². The van der Waals surface area contributed by atoms with Crippen molar-refractivity contribution >= 4 is 21.6 Å². The SMILES string of the molecule is O=C1COc2ccc(S(=O)(=O)NCCCOC3CCCCC3)cc2N1. The lowest BCUT2D eigenvalue weighted by molar-refractivity contribution is -0.118. The van der Waals surface area contributed by atoms with E-state index in [0.29, 0.717) is 37.1 Å². The van der Waals surface area contributed by atoms with Crippen molar-refractivity contribution in [3.05, 3.63) is 18.2 Å². The molecule has 0 bridgehead atoms. The lowest BCUT2D eigenvalue weighted by atomic mass is 9.98. The van der Waals surface area contributed by atoms with E-state index >= 15 is 0 Å². The number of hydrogen-bond donors (Lipinski definition) is 2. The van der Waals surface area contributed by atoms with Crippen molar-refractivity contribution in [3.63, 3.8) is 0 Å². The molecule has 2 aliphatic rings. The Bertz CT molecular complexity index is 714. The van der Waals surface area contributed by atoms with Crippen LogP contribution in [0.1, 0.15) is 38.5 Å². The molecule has 1 heterocycles. The third-order valence-electron chi connectivity index (χ3n) is 4.41. The normalized spacial score (nSPS) is 18.3. The molecular formula is C17H24N2O5S.